The van der Waals surface area contributed by atoms with Crippen LogP contribution >= 0.6 is 35.6 Å². The minimum absolute atomic E-state index is 0.217. The molecule has 0 radical (unpaired) electrons. The predicted molar refractivity (Wildman–Crippen MR) is 142 cm³/mol. The molecule has 1 aliphatic carbocycles. The maximum absolute atomic E-state index is 13.5. The zero-order valence-electron chi connectivity index (χ0n) is 18.6. The lowest BCUT2D eigenvalue weighted by Crippen LogP contribution is -2.28. The van der Waals surface area contributed by atoms with Gasteiger partial charge in [-0.15, -0.1) is 0 Å². The van der Waals surface area contributed by atoms with Crippen LogP contribution in [0.25, 0.3) is 11.7 Å². The SMILES string of the molecule is Cc1cccn2c(=O)c(/C=C3/SC(=S)N(Cc4ccccc4Cl)C3=O)c(NC3CCCC3)nc12. The largest absolute Gasteiger partial charge is 0.367 e. The molecule has 3 heterocycles. The molecule has 2 aromatic heterocycles. The number of carbonyl (C=O) groups is 1. The maximum Gasteiger partial charge on any atom is 0.267 e. The Balaban J connectivity index is 1.55. The molecule has 1 N–H and O–H groups in total. The minimum atomic E-state index is -0.240. The Morgan fingerprint density at radius 3 is 2.74 bits per heavy atom. The van der Waals surface area contributed by atoms with Gasteiger partial charge in [0, 0.05) is 17.3 Å². The van der Waals surface area contributed by atoms with Gasteiger partial charge in [-0.3, -0.25) is 18.9 Å². The van der Waals surface area contributed by atoms with E-state index in [0.29, 0.717) is 31.3 Å². The molecule has 3 aromatic rings. The first-order valence-electron chi connectivity index (χ1n) is 11.2. The van der Waals surface area contributed by atoms with E-state index in [9.17, 15) is 9.59 Å². The van der Waals surface area contributed by atoms with Crippen molar-refractivity contribution in [3.8, 4) is 0 Å². The smallest absolute Gasteiger partial charge is 0.267 e. The van der Waals surface area contributed by atoms with Crippen LogP contribution in [0.4, 0.5) is 5.82 Å². The van der Waals surface area contributed by atoms with Gasteiger partial charge in [-0.25, -0.2) is 4.98 Å². The number of aryl methyl sites for hydroxylation is 1. The topological polar surface area (TPSA) is 66.7 Å². The summed E-state index contributed by atoms with van der Waals surface area (Å²) in [7, 11) is 0. The highest BCUT2D eigenvalue weighted by Gasteiger charge is 2.33. The number of aromatic nitrogens is 2. The van der Waals surface area contributed by atoms with Crippen LogP contribution in [0.5, 0.6) is 0 Å². The minimum Gasteiger partial charge on any atom is -0.367 e. The zero-order valence-corrected chi connectivity index (χ0v) is 21.0. The van der Waals surface area contributed by atoms with Crippen LogP contribution < -0.4 is 10.9 Å². The molecule has 1 aromatic carbocycles. The average Bonchev–Trinajstić information content (AvgIpc) is 3.42. The van der Waals surface area contributed by atoms with Crippen LogP contribution in [0, 0.1) is 6.92 Å². The third kappa shape index (κ3) is 4.37. The summed E-state index contributed by atoms with van der Waals surface area (Å²) in [5, 5.41) is 4.05. The number of nitrogens with zero attached hydrogens (tertiary/aromatic N) is 3. The van der Waals surface area contributed by atoms with Gasteiger partial charge in [0.1, 0.15) is 15.8 Å². The van der Waals surface area contributed by atoms with E-state index in [1.165, 1.54) is 21.1 Å². The highest BCUT2D eigenvalue weighted by atomic mass is 35.5. The number of halogens is 1. The Kier molecular flexibility index (Phi) is 6.46. The number of pyridine rings is 1. The van der Waals surface area contributed by atoms with Crippen LogP contribution in [-0.4, -0.2) is 30.6 Å². The molecule has 1 amide bonds. The van der Waals surface area contributed by atoms with Gasteiger partial charge in [-0.1, -0.05) is 72.7 Å². The molecule has 174 valence electrons. The van der Waals surface area contributed by atoms with E-state index in [1.54, 1.807) is 18.3 Å². The Labute approximate surface area is 212 Å². The van der Waals surface area contributed by atoms with E-state index < -0.39 is 0 Å². The second-order valence-corrected chi connectivity index (χ2v) is 10.6. The van der Waals surface area contributed by atoms with E-state index in [2.05, 4.69) is 5.32 Å². The summed E-state index contributed by atoms with van der Waals surface area (Å²) < 4.78 is 1.97. The van der Waals surface area contributed by atoms with Gasteiger partial charge < -0.3 is 5.32 Å². The number of fused-ring (bicyclic) bond motifs is 1. The summed E-state index contributed by atoms with van der Waals surface area (Å²) in [6.07, 6.45) is 7.71. The third-order valence-corrected chi connectivity index (χ3v) is 7.96. The average molecular weight is 511 g/mol. The Morgan fingerprint density at radius 1 is 1.21 bits per heavy atom. The molecule has 9 heteroatoms. The van der Waals surface area contributed by atoms with Crippen molar-refractivity contribution in [3.63, 3.8) is 0 Å². The number of carbonyl (C=O) groups excluding carboxylic acids is 1. The molecular weight excluding hydrogens is 488 g/mol. The number of rotatable bonds is 5. The second-order valence-electron chi connectivity index (χ2n) is 8.55. The number of thiocarbonyl (C=S) groups is 1. The van der Waals surface area contributed by atoms with Crippen molar-refractivity contribution in [2.24, 2.45) is 0 Å². The summed E-state index contributed by atoms with van der Waals surface area (Å²) >= 11 is 13.0. The van der Waals surface area contributed by atoms with Crippen molar-refractivity contribution in [3.05, 3.63) is 79.6 Å². The van der Waals surface area contributed by atoms with Gasteiger partial charge in [0.2, 0.25) is 0 Å². The molecule has 1 aliphatic heterocycles. The summed E-state index contributed by atoms with van der Waals surface area (Å²) in [4.78, 5) is 33.5. The number of hydrogen-bond acceptors (Lipinski definition) is 6. The lowest BCUT2D eigenvalue weighted by molar-refractivity contribution is -0.122. The van der Waals surface area contributed by atoms with Crippen molar-refractivity contribution in [2.45, 2.75) is 45.2 Å². The van der Waals surface area contributed by atoms with Crippen molar-refractivity contribution >= 4 is 63.3 Å². The van der Waals surface area contributed by atoms with Crippen LogP contribution in [0.1, 0.15) is 42.4 Å². The van der Waals surface area contributed by atoms with Crippen LogP contribution in [0.15, 0.2) is 52.3 Å². The van der Waals surface area contributed by atoms with E-state index >= 15 is 0 Å². The van der Waals surface area contributed by atoms with E-state index in [-0.39, 0.29) is 24.1 Å². The summed E-state index contributed by atoms with van der Waals surface area (Å²) in [5.41, 5.74) is 2.48. The van der Waals surface area contributed by atoms with E-state index in [0.717, 1.165) is 36.8 Å². The van der Waals surface area contributed by atoms with Crippen molar-refractivity contribution in [2.75, 3.05) is 5.32 Å². The lowest BCUT2D eigenvalue weighted by atomic mass is 10.2. The van der Waals surface area contributed by atoms with Crippen LogP contribution in [0.3, 0.4) is 0 Å². The van der Waals surface area contributed by atoms with Gasteiger partial charge in [0.25, 0.3) is 11.5 Å². The molecule has 1 saturated carbocycles. The fourth-order valence-electron chi connectivity index (χ4n) is 4.38. The fraction of sp³-hybridized carbons (Fsp3) is 0.280. The number of amides is 1. The van der Waals surface area contributed by atoms with Gasteiger partial charge in [0.15, 0.2) is 0 Å². The second kappa shape index (κ2) is 9.52. The summed E-state index contributed by atoms with van der Waals surface area (Å²) in [5.74, 6) is 0.276. The summed E-state index contributed by atoms with van der Waals surface area (Å²) in [6, 6.07) is 11.4. The number of nitrogens with one attached hydrogen (secondary N) is 1. The van der Waals surface area contributed by atoms with Gasteiger partial charge in [-0.05, 0) is 49.1 Å². The zero-order chi connectivity index (χ0) is 23.8. The molecule has 0 spiro atoms. The molecule has 0 unspecified atom stereocenters. The Bertz CT molecular complexity index is 1400. The molecular formula is C25H23ClN4O2S2. The molecule has 5 rings (SSSR count). The normalized spacial score (nSPS) is 17.9. The van der Waals surface area contributed by atoms with Crippen molar-refractivity contribution < 1.29 is 4.79 Å². The maximum atomic E-state index is 13.5. The molecule has 34 heavy (non-hydrogen) atoms. The first-order chi connectivity index (χ1) is 16.4. The highest BCUT2D eigenvalue weighted by molar-refractivity contribution is 8.26. The van der Waals surface area contributed by atoms with Crippen LogP contribution in [0.2, 0.25) is 5.02 Å². The monoisotopic (exact) mass is 510 g/mol. The first-order valence-corrected chi connectivity index (χ1v) is 12.8. The Hall–Kier alpha value is -2.68. The highest BCUT2D eigenvalue weighted by Crippen LogP contribution is 2.35. The summed E-state index contributed by atoms with van der Waals surface area (Å²) in [6.45, 7) is 2.21. The van der Waals surface area contributed by atoms with Crippen molar-refractivity contribution in [1.82, 2.24) is 14.3 Å². The molecule has 2 aliphatic rings. The molecule has 2 fully saturated rings. The number of benzene rings is 1. The van der Waals surface area contributed by atoms with Gasteiger partial charge in [0.05, 0.1) is 17.0 Å². The molecule has 1 saturated heterocycles. The van der Waals surface area contributed by atoms with E-state index in [4.69, 9.17) is 28.8 Å². The number of hydrogen-bond donors (Lipinski definition) is 1. The molecule has 6 nitrogen and oxygen atoms in total. The third-order valence-electron chi connectivity index (χ3n) is 6.22. The van der Waals surface area contributed by atoms with E-state index in [1.807, 2.05) is 37.3 Å². The van der Waals surface area contributed by atoms with Gasteiger partial charge >= 0.3 is 0 Å². The lowest BCUT2D eigenvalue weighted by Gasteiger charge is -2.16. The predicted octanol–water partition coefficient (Wildman–Crippen LogP) is 5.41. The molecule has 0 atom stereocenters. The quantitative estimate of drug-likeness (QED) is 0.365. The standard InChI is InChI=1S/C25H23ClN4O2S2/c1-15-7-6-12-29-22(15)28-21(27-17-9-3-4-10-17)18(23(29)31)13-20-24(32)30(25(33)34-20)14-16-8-2-5-11-19(16)26/h2,5-8,11-13,17,27H,3-4,9-10,14H2,1H3/b20-13+. The van der Waals surface area contributed by atoms with Crippen molar-refractivity contribution in [1.29, 1.82) is 0 Å². The Morgan fingerprint density at radius 2 is 1.97 bits per heavy atom. The number of thioether (sulfide) groups is 1. The number of anilines is 1. The van der Waals surface area contributed by atoms with Gasteiger partial charge in [-0.2, -0.15) is 0 Å². The first kappa shape index (κ1) is 23.1. The fourth-order valence-corrected chi connectivity index (χ4v) is 5.81. The molecule has 0 bridgehead atoms. The van der Waals surface area contributed by atoms with Crippen LogP contribution in [-0.2, 0) is 11.3 Å².